The molecule has 0 unspecified atom stereocenters. The second kappa shape index (κ2) is 6.67. The Labute approximate surface area is 105 Å². The molecule has 1 N–H and O–H groups in total. The van der Waals surface area contributed by atoms with E-state index in [4.69, 9.17) is 4.74 Å². The molecule has 0 saturated carbocycles. The number of ether oxygens (including phenoxy) is 1. The number of carbonyl (C=O) groups excluding carboxylic acids is 1. The Hall–Kier alpha value is -0.990. The average Bonchev–Trinajstić information content (AvgIpc) is 2.23. The van der Waals surface area contributed by atoms with Gasteiger partial charge >= 0.3 is 5.97 Å². The molecule has 0 aliphatic heterocycles. The van der Waals surface area contributed by atoms with Crippen molar-refractivity contribution in [3.8, 4) is 0 Å². The number of aliphatic hydroxyl groups is 1. The number of hydrogen-bond donors (Lipinski definition) is 1. The number of allylic oxidation sites excluding steroid dienone is 2. The van der Waals surface area contributed by atoms with Gasteiger partial charge in [-0.25, -0.2) is 0 Å². The number of rotatable bonds is 5. The molecular formula is C14H26O3. The Bertz CT molecular complexity index is 274. The summed E-state index contributed by atoms with van der Waals surface area (Å²) in [5.74, 6) is 0.591. The lowest BCUT2D eigenvalue weighted by atomic mass is 9.95. The van der Waals surface area contributed by atoms with Crippen LogP contribution in [0.1, 0.15) is 48.0 Å². The fraction of sp³-hybridized carbons (Fsp3) is 0.786. The Morgan fingerprint density at radius 3 is 2.29 bits per heavy atom. The molecule has 2 atom stereocenters. The maximum Gasteiger partial charge on any atom is 0.311 e. The summed E-state index contributed by atoms with van der Waals surface area (Å²) in [6.45, 7) is 11.7. The van der Waals surface area contributed by atoms with Gasteiger partial charge in [-0.15, -0.1) is 0 Å². The van der Waals surface area contributed by atoms with Crippen molar-refractivity contribution in [1.82, 2.24) is 0 Å². The van der Waals surface area contributed by atoms with E-state index in [-0.39, 0.29) is 17.8 Å². The van der Waals surface area contributed by atoms with E-state index < -0.39 is 5.41 Å². The van der Waals surface area contributed by atoms with Gasteiger partial charge in [-0.2, -0.15) is 0 Å². The predicted molar refractivity (Wildman–Crippen MR) is 69.7 cm³/mol. The highest BCUT2D eigenvalue weighted by atomic mass is 16.5. The molecule has 3 heteroatoms. The van der Waals surface area contributed by atoms with Crippen LogP contribution in [-0.2, 0) is 9.53 Å². The maximum atomic E-state index is 11.6. The summed E-state index contributed by atoms with van der Waals surface area (Å²) in [7, 11) is 0. The zero-order valence-corrected chi connectivity index (χ0v) is 11.9. The molecule has 0 fully saturated rings. The molecule has 0 rings (SSSR count). The van der Waals surface area contributed by atoms with Crippen molar-refractivity contribution in [2.75, 3.05) is 6.61 Å². The second-order valence-corrected chi connectivity index (χ2v) is 5.80. The van der Waals surface area contributed by atoms with Gasteiger partial charge in [-0.05, 0) is 46.1 Å². The van der Waals surface area contributed by atoms with E-state index in [1.807, 2.05) is 41.5 Å². The van der Waals surface area contributed by atoms with Gasteiger partial charge in [-0.1, -0.05) is 13.8 Å². The van der Waals surface area contributed by atoms with Crippen molar-refractivity contribution in [1.29, 1.82) is 0 Å². The van der Waals surface area contributed by atoms with Gasteiger partial charge < -0.3 is 9.84 Å². The predicted octanol–water partition coefficient (Wildman–Crippen LogP) is 3.70. The van der Waals surface area contributed by atoms with Gasteiger partial charge in [0, 0.05) is 5.92 Å². The van der Waals surface area contributed by atoms with E-state index in [1.54, 1.807) is 6.08 Å². The normalized spacial score (nSPS) is 16.5. The highest BCUT2D eigenvalue weighted by Crippen LogP contribution is 2.20. The molecular weight excluding hydrogens is 216 g/mol. The van der Waals surface area contributed by atoms with Crippen LogP contribution in [0.4, 0.5) is 0 Å². The minimum Gasteiger partial charge on any atom is -0.512 e. The molecule has 0 bridgehead atoms. The van der Waals surface area contributed by atoms with Crippen LogP contribution < -0.4 is 0 Å². The van der Waals surface area contributed by atoms with Crippen LogP contribution in [0, 0.1) is 17.3 Å². The van der Waals surface area contributed by atoms with Crippen molar-refractivity contribution >= 4 is 5.97 Å². The topological polar surface area (TPSA) is 46.5 Å². The van der Waals surface area contributed by atoms with Crippen molar-refractivity contribution in [2.45, 2.75) is 48.0 Å². The maximum absolute atomic E-state index is 11.6. The first-order valence-corrected chi connectivity index (χ1v) is 6.20. The zero-order chi connectivity index (χ0) is 13.6. The van der Waals surface area contributed by atoms with E-state index in [9.17, 15) is 9.90 Å². The van der Waals surface area contributed by atoms with Crippen molar-refractivity contribution in [3.05, 3.63) is 11.8 Å². The number of hydrogen-bond acceptors (Lipinski definition) is 3. The first-order chi connectivity index (χ1) is 7.68. The molecule has 0 aliphatic rings. The van der Waals surface area contributed by atoms with E-state index in [0.717, 1.165) is 6.42 Å². The van der Waals surface area contributed by atoms with E-state index in [0.29, 0.717) is 12.4 Å². The average molecular weight is 242 g/mol. The lowest BCUT2D eigenvalue weighted by Gasteiger charge is -2.20. The minimum atomic E-state index is -0.448. The molecule has 3 nitrogen and oxygen atoms in total. The zero-order valence-electron chi connectivity index (χ0n) is 11.9. The molecule has 100 valence electrons. The molecule has 17 heavy (non-hydrogen) atoms. The van der Waals surface area contributed by atoms with Crippen molar-refractivity contribution in [2.24, 2.45) is 17.3 Å². The minimum absolute atomic E-state index is 0.114. The van der Waals surface area contributed by atoms with Gasteiger partial charge in [-0.3, -0.25) is 4.79 Å². The molecule has 0 amide bonds. The van der Waals surface area contributed by atoms with E-state index in [2.05, 4.69) is 0 Å². The molecule has 0 saturated heterocycles. The molecule has 0 heterocycles. The number of esters is 1. The second-order valence-electron chi connectivity index (χ2n) is 5.80. The van der Waals surface area contributed by atoms with Gasteiger partial charge in [0.15, 0.2) is 0 Å². The van der Waals surface area contributed by atoms with Crippen LogP contribution in [0.5, 0.6) is 0 Å². The largest absolute Gasteiger partial charge is 0.512 e. The number of aliphatic hydroxyl groups excluding tert-OH is 1. The first-order valence-electron chi connectivity index (χ1n) is 6.20. The Balaban J connectivity index is 4.04. The van der Waals surface area contributed by atoms with Crippen LogP contribution in [0.15, 0.2) is 11.8 Å². The third-order valence-electron chi connectivity index (χ3n) is 2.67. The third kappa shape index (κ3) is 6.35. The summed E-state index contributed by atoms with van der Waals surface area (Å²) in [5.41, 5.74) is -0.448. The number of carbonyl (C=O) groups is 1. The van der Waals surface area contributed by atoms with Crippen LogP contribution in [-0.4, -0.2) is 17.7 Å². The Kier molecular flexibility index (Phi) is 6.29. The smallest absolute Gasteiger partial charge is 0.311 e. The summed E-state index contributed by atoms with van der Waals surface area (Å²) in [4.78, 5) is 11.6. The molecule has 0 spiro atoms. The van der Waals surface area contributed by atoms with Crippen LogP contribution in [0.25, 0.3) is 0 Å². The van der Waals surface area contributed by atoms with Gasteiger partial charge in [0.2, 0.25) is 0 Å². The highest BCUT2D eigenvalue weighted by molar-refractivity contribution is 5.75. The van der Waals surface area contributed by atoms with Crippen molar-refractivity contribution in [3.63, 3.8) is 0 Å². The summed E-state index contributed by atoms with van der Waals surface area (Å²) < 4.78 is 5.24. The Morgan fingerprint density at radius 1 is 1.35 bits per heavy atom. The van der Waals surface area contributed by atoms with Gasteiger partial charge in [0.1, 0.15) is 0 Å². The fourth-order valence-electron chi connectivity index (χ4n) is 1.51. The first kappa shape index (κ1) is 16.0. The quantitative estimate of drug-likeness (QED) is 0.590. The highest BCUT2D eigenvalue weighted by Gasteiger charge is 2.24. The van der Waals surface area contributed by atoms with Crippen LogP contribution in [0.2, 0.25) is 0 Å². The van der Waals surface area contributed by atoms with E-state index >= 15 is 0 Å². The van der Waals surface area contributed by atoms with E-state index in [1.165, 1.54) is 0 Å². The third-order valence-corrected chi connectivity index (χ3v) is 2.67. The lowest BCUT2D eigenvalue weighted by Crippen LogP contribution is -2.25. The molecule has 0 radical (unpaired) electrons. The van der Waals surface area contributed by atoms with Crippen LogP contribution in [0.3, 0.4) is 0 Å². The Morgan fingerprint density at radius 2 is 1.88 bits per heavy atom. The summed E-state index contributed by atoms with van der Waals surface area (Å²) >= 11 is 0. The monoisotopic (exact) mass is 242 g/mol. The molecule has 0 aliphatic carbocycles. The fourth-order valence-corrected chi connectivity index (χ4v) is 1.51. The SMILES string of the molecule is C/C=C(\O)[C@H](C)C[C@H](C)COC(=O)C(C)(C)C. The standard InChI is InChI=1S/C14H26O3/c1-7-12(15)11(3)8-10(2)9-17-13(16)14(4,5)6/h7,10-11,15H,8-9H2,1-6H3/b12-7-/t10-,11+/m0/s1. The van der Waals surface area contributed by atoms with Gasteiger partial charge in [0.05, 0.1) is 17.8 Å². The summed E-state index contributed by atoms with van der Waals surface area (Å²) in [6.07, 6.45) is 2.52. The van der Waals surface area contributed by atoms with Crippen LogP contribution >= 0.6 is 0 Å². The summed E-state index contributed by atoms with van der Waals surface area (Å²) in [5, 5.41) is 9.54. The lowest BCUT2D eigenvalue weighted by molar-refractivity contribution is -0.154. The molecule has 0 aromatic heterocycles. The summed E-state index contributed by atoms with van der Waals surface area (Å²) in [6, 6.07) is 0. The van der Waals surface area contributed by atoms with Gasteiger partial charge in [0.25, 0.3) is 0 Å². The molecule has 0 aromatic carbocycles. The van der Waals surface area contributed by atoms with Crippen molar-refractivity contribution < 1.29 is 14.6 Å². The molecule has 0 aromatic rings.